The van der Waals surface area contributed by atoms with Crippen molar-refractivity contribution in [2.24, 2.45) is 11.8 Å². The lowest BCUT2D eigenvalue weighted by Crippen LogP contribution is -2.46. The van der Waals surface area contributed by atoms with Gasteiger partial charge in [-0.1, -0.05) is 62.9 Å². The van der Waals surface area contributed by atoms with Crippen molar-refractivity contribution in [3.63, 3.8) is 0 Å². The van der Waals surface area contributed by atoms with Gasteiger partial charge in [-0.3, -0.25) is 4.79 Å². The van der Waals surface area contributed by atoms with Crippen molar-refractivity contribution in [1.82, 2.24) is 9.03 Å². The van der Waals surface area contributed by atoms with Crippen LogP contribution in [0.3, 0.4) is 0 Å². The number of anilines is 2. The number of rotatable bonds is 10. The number of para-hydroxylation sites is 1. The van der Waals surface area contributed by atoms with E-state index in [9.17, 15) is 26.7 Å². The number of carbonyl (C=O) groups is 1. The van der Waals surface area contributed by atoms with Gasteiger partial charge < -0.3 is 10.0 Å². The van der Waals surface area contributed by atoms with Gasteiger partial charge in [-0.05, 0) is 67.3 Å². The average molecular weight is 626 g/mol. The number of aryl methyl sites for hydroxylation is 1. The number of benzene rings is 2. The Bertz CT molecular complexity index is 1440. The van der Waals surface area contributed by atoms with Gasteiger partial charge in [0.25, 0.3) is 0 Å². The van der Waals surface area contributed by atoms with Crippen molar-refractivity contribution in [1.29, 1.82) is 0 Å². The molecule has 1 heterocycles. The van der Waals surface area contributed by atoms with E-state index in [4.69, 9.17) is 11.6 Å². The Hall–Kier alpha value is -2.18. The average Bonchev–Trinajstić information content (AvgIpc) is 2.99. The number of hydrogen-bond acceptors (Lipinski definition) is 6. The largest absolute Gasteiger partial charge is 0.480 e. The normalized spacial score (nSPS) is 20.9. The zero-order valence-corrected chi connectivity index (χ0v) is 26.2. The van der Waals surface area contributed by atoms with E-state index < -0.39 is 32.1 Å². The maximum absolute atomic E-state index is 14.1. The first-order valence-electron chi connectivity index (χ1n) is 14.2. The minimum atomic E-state index is -3.93. The van der Waals surface area contributed by atoms with Crippen molar-refractivity contribution in [2.75, 3.05) is 24.2 Å². The van der Waals surface area contributed by atoms with E-state index in [0.717, 1.165) is 37.8 Å². The SMILES string of the molecule is CC(C)CS(=O)(=O)NC(CCc1cc2c(cc1Cl)N(c1ccccc1)C[C@@H](C1CCCCC1)N(C)S2(=O)=O)C(=O)O. The number of aliphatic carboxylic acids is 1. The number of sulfonamides is 2. The number of halogens is 1. The molecular weight excluding hydrogens is 586 g/mol. The molecule has 4 rings (SSSR count). The number of nitrogens with zero attached hydrogens (tertiary/aromatic N) is 2. The van der Waals surface area contributed by atoms with E-state index in [-0.39, 0.29) is 41.4 Å². The smallest absolute Gasteiger partial charge is 0.321 e. The Morgan fingerprint density at radius 3 is 2.39 bits per heavy atom. The summed E-state index contributed by atoms with van der Waals surface area (Å²) in [6.07, 6.45) is 5.24. The molecule has 9 nitrogen and oxygen atoms in total. The number of likely N-dealkylation sites (N-methyl/N-ethyl adjacent to an activating group) is 1. The fraction of sp³-hybridized carbons (Fsp3) is 0.552. The number of carboxylic acid groups (broad SMARTS) is 1. The molecule has 0 saturated heterocycles. The van der Waals surface area contributed by atoms with Gasteiger partial charge in [0.2, 0.25) is 20.0 Å². The molecule has 12 heteroatoms. The monoisotopic (exact) mass is 625 g/mol. The van der Waals surface area contributed by atoms with E-state index >= 15 is 0 Å². The summed E-state index contributed by atoms with van der Waals surface area (Å²) in [5, 5.41) is 10.0. The third-order valence-electron chi connectivity index (χ3n) is 8.05. The van der Waals surface area contributed by atoms with E-state index in [2.05, 4.69) is 4.72 Å². The quantitative estimate of drug-likeness (QED) is 0.380. The van der Waals surface area contributed by atoms with Crippen LogP contribution in [0.2, 0.25) is 5.02 Å². The molecule has 226 valence electrons. The van der Waals surface area contributed by atoms with Gasteiger partial charge in [-0.15, -0.1) is 0 Å². The third-order valence-corrected chi connectivity index (χ3v) is 12.1. The van der Waals surface area contributed by atoms with Gasteiger partial charge >= 0.3 is 5.97 Å². The van der Waals surface area contributed by atoms with Gasteiger partial charge in [0.1, 0.15) is 10.9 Å². The topological polar surface area (TPSA) is 124 Å². The zero-order valence-electron chi connectivity index (χ0n) is 23.8. The highest BCUT2D eigenvalue weighted by Crippen LogP contribution is 2.42. The summed E-state index contributed by atoms with van der Waals surface area (Å²) in [7, 11) is -6.10. The number of fused-ring (bicyclic) bond motifs is 1. The second-order valence-corrected chi connectivity index (χ2v) is 15.7. The Morgan fingerprint density at radius 1 is 1.12 bits per heavy atom. The Morgan fingerprint density at radius 2 is 1.78 bits per heavy atom. The Balaban J connectivity index is 1.72. The van der Waals surface area contributed by atoms with Crippen molar-refractivity contribution in [2.45, 2.75) is 75.8 Å². The number of carboxylic acids is 1. The van der Waals surface area contributed by atoms with E-state index in [1.165, 1.54) is 10.4 Å². The van der Waals surface area contributed by atoms with Crippen LogP contribution in [-0.2, 0) is 31.3 Å². The highest BCUT2D eigenvalue weighted by atomic mass is 35.5. The van der Waals surface area contributed by atoms with Crippen molar-refractivity contribution in [3.8, 4) is 0 Å². The minimum absolute atomic E-state index is 0.0733. The van der Waals surface area contributed by atoms with Gasteiger partial charge in [0.15, 0.2) is 0 Å². The summed E-state index contributed by atoms with van der Waals surface area (Å²) in [5.41, 5.74) is 1.78. The highest BCUT2D eigenvalue weighted by Gasteiger charge is 2.41. The van der Waals surface area contributed by atoms with E-state index in [1.807, 2.05) is 35.2 Å². The van der Waals surface area contributed by atoms with Crippen LogP contribution in [0.4, 0.5) is 11.4 Å². The first-order valence-corrected chi connectivity index (χ1v) is 17.6. The second-order valence-electron chi connectivity index (χ2n) is 11.6. The van der Waals surface area contributed by atoms with Gasteiger partial charge in [-0.25, -0.2) is 21.6 Å². The highest BCUT2D eigenvalue weighted by molar-refractivity contribution is 7.89. The van der Waals surface area contributed by atoms with Crippen LogP contribution in [0, 0.1) is 11.8 Å². The molecule has 1 fully saturated rings. The molecular formula is C29H40ClN3O6S2. The summed E-state index contributed by atoms with van der Waals surface area (Å²) in [6.45, 7) is 3.95. The number of nitrogens with one attached hydrogen (secondary N) is 1. The predicted molar refractivity (Wildman–Crippen MR) is 162 cm³/mol. The van der Waals surface area contributed by atoms with Crippen LogP contribution in [0.25, 0.3) is 0 Å². The lowest BCUT2D eigenvalue weighted by Gasteiger charge is -2.36. The predicted octanol–water partition coefficient (Wildman–Crippen LogP) is 5.02. The third kappa shape index (κ3) is 7.43. The van der Waals surface area contributed by atoms with Crippen LogP contribution in [-0.4, -0.2) is 63.6 Å². The van der Waals surface area contributed by atoms with Crippen molar-refractivity contribution >= 4 is 49.0 Å². The molecule has 1 aliphatic heterocycles. The molecule has 2 atom stereocenters. The van der Waals surface area contributed by atoms with Crippen LogP contribution in [0.5, 0.6) is 0 Å². The summed E-state index contributed by atoms with van der Waals surface area (Å²) >= 11 is 6.73. The maximum Gasteiger partial charge on any atom is 0.321 e. The fourth-order valence-electron chi connectivity index (χ4n) is 5.98. The molecule has 0 radical (unpaired) electrons. The molecule has 1 aliphatic carbocycles. The summed E-state index contributed by atoms with van der Waals surface area (Å²) < 4.78 is 56.9. The summed E-state index contributed by atoms with van der Waals surface area (Å²) in [6, 6.07) is 11.2. The lowest BCUT2D eigenvalue weighted by molar-refractivity contribution is -0.139. The zero-order chi connectivity index (χ0) is 29.9. The molecule has 1 unspecified atom stereocenters. The van der Waals surface area contributed by atoms with E-state index in [0.29, 0.717) is 22.8 Å². The molecule has 41 heavy (non-hydrogen) atoms. The molecule has 0 amide bonds. The molecule has 2 aromatic carbocycles. The maximum atomic E-state index is 14.1. The van der Waals surface area contributed by atoms with Crippen LogP contribution in [0.15, 0.2) is 47.4 Å². The second kappa shape index (κ2) is 13.0. The van der Waals surface area contributed by atoms with Crippen LogP contribution >= 0.6 is 11.6 Å². The first kappa shape index (κ1) is 31.7. The molecule has 1 saturated carbocycles. The fourth-order valence-corrected chi connectivity index (χ4v) is 9.49. The van der Waals surface area contributed by atoms with Gasteiger partial charge in [-0.2, -0.15) is 4.31 Å². The molecule has 0 aromatic heterocycles. The standard InChI is InChI=1S/C29H40ClN3O6S2/c1-20(2)19-40(36,37)31-25(29(34)35)15-14-22-16-28-26(17-24(22)30)33(23-12-8-5-9-13-23)18-27(32(3)41(28,38)39)21-10-6-4-7-11-21/h5,8-9,12-13,16-17,20-21,25,27,31H,4,6-7,10-11,14-15,18-19H2,1-3H3,(H,34,35)/t25?,27-/m0/s1. The summed E-state index contributed by atoms with van der Waals surface area (Å²) in [4.78, 5) is 14.0. The van der Waals surface area contributed by atoms with Gasteiger partial charge in [0, 0.05) is 30.3 Å². The molecule has 2 N–H and O–H groups in total. The van der Waals surface area contributed by atoms with Crippen molar-refractivity contribution in [3.05, 3.63) is 53.1 Å². The lowest BCUT2D eigenvalue weighted by atomic mass is 9.83. The molecule has 2 aliphatic rings. The molecule has 0 spiro atoms. The summed E-state index contributed by atoms with van der Waals surface area (Å²) in [5.74, 6) is -1.44. The first-order chi connectivity index (χ1) is 19.3. The Kier molecular flexibility index (Phi) is 10.1. The molecule has 0 bridgehead atoms. The Labute approximate surface area is 249 Å². The van der Waals surface area contributed by atoms with Crippen LogP contribution in [0.1, 0.15) is 57.9 Å². The minimum Gasteiger partial charge on any atom is -0.480 e. The van der Waals surface area contributed by atoms with Crippen LogP contribution < -0.4 is 9.62 Å². The van der Waals surface area contributed by atoms with Gasteiger partial charge in [0.05, 0.1) is 11.4 Å². The van der Waals surface area contributed by atoms with Crippen molar-refractivity contribution < 1.29 is 26.7 Å². The number of hydrogen-bond donors (Lipinski definition) is 2. The van der Waals surface area contributed by atoms with E-state index in [1.54, 1.807) is 27.0 Å². The molecule has 2 aromatic rings.